The number of aryl methyl sites for hydroxylation is 1. The van der Waals surface area contributed by atoms with Crippen molar-refractivity contribution < 1.29 is 17.9 Å². The number of carbonyl (C=O) groups excluding carboxylic acids is 1. The molecule has 1 fully saturated rings. The van der Waals surface area contributed by atoms with Crippen molar-refractivity contribution in [3.63, 3.8) is 0 Å². The third-order valence-electron chi connectivity index (χ3n) is 5.73. The number of para-hydroxylation sites is 2. The van der Waals surface area contributed by atoms with E-state index in [0.29, 0.717) is 24.5 Å². The van der Waals surface area contributed by atoms with E-state index < -0.39 is 10.0 Å². The maximum absolute atomic E-state index is 13.2. The molecule has 0 spiro atoms. The van der Waals surface area contributed by atoms with E-state index in [1.807, 2.05) is 35.9 Å². The standard InChI is InChI=1S/C23H28N4O4S2/c1-26-20-10-6-5-9-18(20)25-23(26)32-16-22(28)24-19-15-17(11-12-21(19)31-2)33(29,30)27-13-7-3-4-8-14-27/h5-6,9-12,15H,3-4,7-8,13-14,16H2,1-2H3,(H,24,28). The van der Waals surface area contributed by atoms with Crippen molar-refractivity contribution in [3.8, 4) is 5.75 Å². The number of carbonyl (C=O) groups is 1. The zero-order chi connectivity index (χ0) is 23.4. The van der Waals surface area contributed by atoms with Gasteiger partial charge in [0, 0.05) is 20.1 Å². The molecule has 10 heteroatoms. The number of hydrogen-bond donors (Lipinski definition) is 1. The van der Waals surface area contributed by atoms with Gasteiger partial charge in [-0.3, -0.25) is 4.79 Å². The summed E-state index contributed by atoms with van der Waals surface area (Å²) in [5.41, 5.74) is 2.20. The van der Waals surface area contributed by atoms with Crippen LogP contribution in [0, 0.1) is 0 Å². The van der Waals surface area contributed by atoms with Crippen LogP contribution in [0.3, 0.4) is 0 Å². The molecule has 1 aliphatic heterocycles. The van der Waals surface area contributed by atoms with Crippen LogP contribution in [0.4, 0.5) is 5.69 Å². The normalized spacial score (nSPS) is 15.3. The summed E-state index contributed by atoms with van der Waals surface area (Å²) in [6.45, 7) is 1.04. The van der Waals surface area contributed by atoms with E-state index in [-0.39, 0.29) is 16.6 Å². The predicted octanol–water partition coefficient (Wildman–Crippen LogP) is 3.88. The summed E-state index contributed by atoms with van der Waals surface area (Å²) < 4.78 is 35.2. The van der Waals surface area contributed by atoms with E-state index in [0.717, 1.165) is 41.9 Å². The molecule has 8 nitrogen and oxygen atoms in total. The Morgan fingerprint density at radius 2 is 1.85 bits per heavy atom. The quantitative estimate of drug-likeness (QED) is 0.508. The van der Waals surface area contributed by atoms with E-state index in [4.69, 9.17) is 4.74 Å². The molecule has 33 heavy (non-hydrogen) atoms. The first-order chi connectivity index (χ1) is 15.9. The van der Waals surface area contributed by atoms with Crippen molar-refractivity contribution >= 4 is 44.4 Å². The van der Waals surface area contributed by atoms with Crippen LogP contribution < -0.4 is 10.1 Å². The van der Waals surface area contributed by atoms with E-state index in [9.17, 15) is 13.2 Å². The topological polar surface area (TPSA) is 93.5 Å². The zero-order valence-corrected chi connectivity index (χ0v) is 20.4. The van der Waals surface area contributed by atoms with Crippen LogP contribution in [-0.2, 0) is 21.9 Å². The first-order valence-corrected chi connectivity index (χ1v) is 13.3. The van der Waals surface area contributed by atoms with Gasteiger partial charge in [0.05, 0.1) is 34.5 Å². The van der Waals surface area contributed by atoms with E-state index in [2.05, 4.69) is 10.3 Å². The molecular formula is C23H28N4O4S2. The molecule has 176 valence electrons. The number of nitrogens with zero attached hydrogens (tertiary/aromatic N) is 3. The van der Waals surface area contributed by atoms with Gasteiger partial charge in [0.25, 0.3) is 0 Å². The largest absolute Gasteiger partial charge is 0.495 e. The van der Waals surface area contributed by atoms with Gasteiger partial charge in [0.15, 0.2) is 5.16 Å². The van der Waals surface area contributed by atoms with Crippen molar-refractivity contribution in [2.24, 2.45) is 7.05 Å². The summed E-state index contributed by atoms with van der Waals surface area (Å²) in [7, 11) is -0.236. The Labute approximate surface area is 198 Å². The molecule has 0 aliphatic carbocycles. The number of hydrogen-bond acceptors (Lipinski definition) is 6. The summed E-state index contributed by atoms with van der Waals surface area (Å²) in [5, 5.41) is 3.54. The molecule has 0 radical (unpaired) electrons. The van der Waals surface area contributed by atoms with Crippen molar-refractivity contribution in [2.75, 3.05) is 31.3 Å². The summed E-state index contributed by atoms with van der Waals surface area (Å²) in [6, 6.07) is 12.4. The Bertz CT molecular complexity index is 1250. The molecule has 1 saturated heterocycles. The fourth-order valence-electron chi connectivity index (χ4n) is 3.95. The molecule has 0 unspecified atom stereocenters. The van der Waals surface area contributed by atoms with Gasteiger partial charge in [-0.05, 0) is 43.2 Å². The SMILES string of the molecule is COc1ccc(S(=O)(=O)N2CCCCCC2)cc1NC(=O)CSc1nc2ccccc2n1C. The minimum Gasteiger partial charge on any atom is -0.495 e. The van der Waals surface area contributed by atoms with Crippen LogP contribution in [0.1, 0.15) is 25.7 Å². The number of methoxy groups -OCH3 is 1. The minimum atomic E-state index is -3.64. The Morgan fingerprint density at radius 3 is 2.55 bits per heavy atom. The fraction of sp³-hybridized carbons (Fsp3) is 0.391. The monoisotopic (exact) mass is 488 g/mol. The number of amides is 1. The molecule has 1 amide bonds. The van der Waals surface area contributed by atoms with E-state index >= 15 is 0 Å². The summed E-state index contributed by atoms with van der Waals surface area (Å²) >= 11 is 1.32. The number of aromatic nitrogens is 2. The number of ether oxygens (including phenoxy) is 1. The number of rotatable bonds is 7. The molecular weight excluding hydrogens is 460 g/mol. The molecule has 4 rings (SSSR count). The third-order valence-corrected chi connectivity index (χ3v) is 8.65. The summed E-state index contributed by atoms with van der Waals surface area (Å²) in [4.78, 5) is 17.4. The van der Waals surface area contributed by atoms with Gasteiger partial charge < -0.3 is 14.6 Å². The molecule has 1 aromatic heterocycles. The Morgan fingerprint density at radius 1 is 1.12 bits per heavy atom. The van der Waals surface area contributed by atoms with E-state index in [1.54, 1.807) is 6.07 Å². The second-order valence-electron chi connectivity index (χ2n) is 7.96. The number of sulfonamides is 1. The zero-order valence-electron chi connectivity index (χ0n) is 18.8. The van der Waals surface area contributed by atoms with Gasteiger partial charge in [-0.15, -0.1) is 0 Å². The van der Waals surface area contributed by atoms with Crippen molar-refractivity contribution in [1.29, 1.82) is 0 Å². The smallest absolute Gasteiger partial charge is 0.243 e. The van der Waals surface area contributed by atoms with Gasteiger partial charge in [-0.25, -0.2) is 13.4 Å². The fourth-order valence-corrected chi connectivity index (χ4v) is 6.28. The van der Waals surface area contributed by atoms with Crippen LogP contribution in [0.2, 0.25) is 0 Å². The minimum absolute atomic E-state index is 0.128. The van der Waals surface area contributed by atoms with Crippen molar-refractivity contribution in [3.05, 3.63) is 42.5 Å². The van der Waals surface area contributed by atoms with Crippen LogP contribution >= 0.6 is 11.8 Å². The van der Waals surface area contributed by atoms with Crippen LogP contribution in [0.25, 0.3) is 11.0 Å². The second kappa shape index (κ2) is 10.1. The second-order valence-corrected chi connectivity index (χ2v) is 10.8. The number of fused-ring (bicyclic) bond motifs is 1. The van der Waals surface area contributed by atoms with Gasteiger partial charge >= 0.3 is 0 Å². The molecule has 1 aliphatic rings. The highest BCUT2D eigenvalue weighted by atomic mass is 32.2. The highest BCUT2D eigenvalue weighted by Crippen LogP contribution is 2.30. The van der Waals surface area contributed by atoms with Gasteiger partial charge in [-0.1, -0.05) is 36.7 Å². The summed E-state index contributed by atoms with van der Waals surface area (Å²) in [5.74, 6) is 0.268. The average Bonchev–Trinajstić information content (AvgIpc) is 2.98. The molecule has 0 saturated carbocycles. The lowest BCUT2D eigenvalue weighted by Crippen LogP contribution is -2.32. The molecule has 3 aromatic rings. The first-order valence-electron chi connectivity index (χ1n) is 10.9. The Balaban J connectivity index is 1.49. The molecule has 0 bridgehead atoms. The molecule has 0 atom stereocenters. The Kier molecular flexibility index (Phi) is 7.26. The molecule has 1 N–H and O–H groups in total. The van der Waals surface area contributed by atoms with Gasteiger partial charge in [0.2, 0.25) is 15.9 Å². The predicted molar refractivity (Wildman–Crippen MR) is 130 cm³/mol. The highest BCUT2D eigenvalue weighted by Gasteiger charge is 2.26. The number of imidazole rings is 1. The lowest BCUT2D eigenvalue weighted by molar-refractivity contribution is -0.113. The number of anilines is 1. The van der Waals surface area contributed by atoms with Crippen LogP contribution in [0.15, 0.2) is 52.5 Å². The Hall–Kier alpha value is -2.56. The highest BCUT2D eigenvalue weighted by molar-refractivity contribution is 7.99. The molecule has 2 heterocycles. The average molecular weight is 489 g/mol. The van der Waals surface area contributed by atoms with Gasteiger partial charge in [0.1, 0.15) is 5.75 Å². The maximum Gasteiger partial charge on any atom is 0.243 e. The number of benzene rings is 2. The number of nitrogens with one attached hydrogen (secondary N) is 1. The molecule has 2 aromatic carbocycles. The summed E-state index contributed by atoms with van der Waals surface area (Å²) in [6.07, 6.45) is 3.80. The van der Waals surface area contributed by atoms with Crippen molar-refractivity contribution in [1.82, 2.24) is 13.9 Å². The third kappa shape index (κ3) is 5.18. The lowest BCUT2D eigenvalue weighted by Gasteiger charge is -2.21. The maximum atomic E-state index is 13.2. The van der Waals surface area contributed by atoms with Crippen LogP contribution in [-0.4, -0.2) is 54.1 Å². The first kappa shape index (κ1) is 23.6. The van der Waals surface area contributed by atoms with E-state index in [1.165, 1.54) is 35.3 Å². The van der Waals surface area contributed by atoms with Crippen LogP contribution in [0.5, 0.6) is 5.75 Å². The number of thioether (sulfide) groups is 1. The van der Waals surface area contributed by atoms with Gasteiger partial charge in [-0.2, -0.15) is 4.31 Å². The van der Waals surface area contributed by atoms with Crippen molar-refractivity contribution in [2.45, 2.75) is 35.7 Å². The lowest BCUT2D eigenvalue weighted by atomic mass is 10.2.